The minimum Gasteiger partial charge on any atom is -0.383 e. The second-order valence-corrected chi connectivity index (χ2v) is 5.99. The Morgan fingerprint density at radius 3 is 3.10 bits per heavy atom. The van der Waals surface area contributed by atoms with Gasteiger partial charge in [0, 0.05) is 29.4 Å². The van der Waals surface area contributed by atoms with Crippen LogP contribution in [-0.2, 0) is 17.7 Å². The van der Waals surface area contributed by atoms with Crippen molar-refractivity contribution in [3.8, 4) is 0 Å². The lowest BCUT2D eigenvalue weighted by Gasteiger charge is -2.14. The minimum atomic E-state index is 0.210. The lowest BCUT2D eigenvalue weighted by Crippen LogP contribution is -2.09. The maximum Gasteiger partial charge on any atom is 0.148 e. The molecule has 0 bridgehead atoms. The molecule has 1 unspecified atom stereocenters. The zero-order valence-electron chi connectivity index (χ0n) is 11.8. The molecule has 1 aromatic heterocycles. The van der Waals surface area contributed by atoms with Gasteiger partial charge in [0.25, 0.3) is 0 Å². The van der Waals surface area contributed by atoms with Crippen LogP contribution in [0.4, 0.5) is 5.82 Å². The molecule has 1 N–H and O–H groups in total. The Kier molecular flexibility index (Phi) is 4.38. The molecule has 4 nitrogen and oxygen atoms in total. The Morgan fingerprint density at radius 1 is 1.43 bits per heavy atom. The van der Waals surface area contributed by atoms with Crippen molar-refractivity contribution in [1.82, 2.24) is 9.78 Å². The largest absolute Gasteiger partial charge is 0.383 e. The molecule has 0 saturated carbocycles. The van der Waals surface area contributed by atoms with Crippen LogP contribution in [-0.4, -0.2) is 23.5 Å². The van der Waals surface area contributed by atoms with E-state index in [2.05, 4.69) is 10.4 Å². The van der Waals surface area contributed by atoms with Crippen LogP contribution in [0.2, 0.25) is 10.0 Å². The summed E-state index contributed by atoms with van der Waals surface area (Å²) in [6, 6.07) is 5.99. The smallest absolute Gasteiger partial charge is 0.148 e. The first-order valence-electron chi connectivity index (χ1n) is 6.94. The van der Waals surface area contributed by atoms with Gasteiger partial charge in [-0.05, 0) is 36.1 Å². The summed E-state index contributed by atoms with van der Waals surface area (Å²) in [5.41, 5.74) is 2.37. The number of nitrogens with one attached hydrogen (secondary N) is 1. The summed E-state index contributed by atoms with van der Waals surface area (Å²) in [4.78, 5) is 0. The van der Waals surface area contributed by atoms with Crippen molar-refractivity contribution in [2.45, 2.75) is 25.4 Å². The lowest BCUT2D eigenvalue weighted by molar-refractivity contribution is 0.183. The van der Waals surface area contributed by atoms with Crippen molar-refractivity contribution in [2.24, 2.45) is 0 Å². The molecule has 1 aliphatic carbocycles. The highest BCUT2D eigenvalue weighted by Crippen LogP contribution is 2.39. The van der Waals surface area contributed by atoms with E-state index in [9.17, 15) is 0 Å². The molecule has 0 aliphatic heterocycles. The molecule has 1 heterocycles. The van der Waals surface area contributed by atoms with Gasteiger partial charge in [0.05, 0.1) is 19.2 Å². The fourth-order valence-corrected chi connectivity index (χ4v) is 3.32. The molecule has 1 aliphatic rings. The summed E-state index contributed by atoms with van der Waals surface area (Å²) in [6.45, 7) is 1.40. The molecule has 21 heavy (non-hydrogen) atoms. The van der Waals surface area contributed by atoms with E-state index in [1.165, 1.54) is 11.1 Å². The number of anilines is 1. The van der Waals surface area contributed by atoms with E-state index in [1.807, 2.05) is 29.1 Å². The molecule has 0 fully saturated rings. The molecule has 112 valence electrons. The highest BCUT2D eigenvalue weighted by atomic mass is 35.5. The molecule has 3 rings (SSSR count). The highest BCUT2D eigenvalue weighted by molar-refractivity contribution is 6.35. The third kappa shape index (κ3) is 3.18. The van der Waals surface area contributed by atoms with E-state index in [4.69, 9.17) is 27.9 Å². The average Bonchev–Trinajstić information content (AvgIpc) is 3.05. The molecule has 0 spiro atoms. The Balaban J connectivity index is 1.74. The Morgan fingerprint density at radius 2 is 2.29 bits per heavy atom. The maximum atomic E-state index is 6.26. The van der Waals surface area contributed by atoms with E-state index >= 15 is 0 Å². The summed E-state index contributed by atoms with van der Waals surface area (Å²) in [5, 5.41) is 9.38. The third-order valence-corrected chi connectivity index (χ3v) is 4.30. The van der Waals surface area contributed by atoms with Crippen molar-refractivity contribution >= 4 is 29.0 Å². The van der Waals surface area contributed by atoms with Gasteiger partial charge in [0.2, 0.25) is 0 Å². The molecule has 0 saturated heterocycles. The average molecular weight is 326 g/mol. The number of hydrogen-bond donors (Lipinski definition) is 1. The van der Waals surface area contributed by atoms with Gasteiger partial charge in [-0.1, -0.05) is 23.2 Å². The second kappa shape index (κ2) is 6.26. The van der Waals surface area contributed by atoms with Crippen LogP contribution >= 0.6 is 23.2 Å². The Bertz CT molecular complexity index is 642. The van der Waals surface area contributed by atoms with Crippen LogP contribution in [0.15, 0.2) is 24.4 Å². The number of nitrogens with zero attached hydrogens (tertiary/aromatic N) is 2. The van der Waals surface area contributed by atoms with E-state index in [0.717, 1.165) is 30.2 Å². The fraction of sp³-hybridized carbons (Fsp3) is 0.400. The predicted molar refractivity (Wildman–Crippen MR) is 85.2 cm³/mol. The normalized spacial score (nSPS) is 17.0. The summed E-state index contributed by atoms with van der Waals surface area (Å²) >= 11 is 12.4. The lowest BCUT2D eigenvalue weighted by atomic mass is 10.1. The standard InChI is InChI=1S/C15H17Cl2N3O/c1-21-7-6-20-5-4-15(19-20)18-14-3-2-11-12(14)8-10(16)9-13(11)17/h4-5,8-9,14H,2-3,6-7H2,1H3,(H,18,19). The molecular weight excluding hydrogens is 309 g/mol. The van der Waals surface area contributed by atoms with Gasteiger partial charge in [-0.2, -0.15) is 5.10 Å². The molecule has 6 heteroatoms. The number of methoxy groups -OCH3 is 1. The van der Waals surface area contributed by atoms with Crippen LogP contribution in [0.3, 0.4) is 0 Å². The van der Waals surface area contributed by atoms with Crippen molar-refractivity contribution in [2.75, 3.05) is 19.0 Å². The zero-order valence-corrected chi connectivity index (χ0v) is 13.3. The Hall–Kier alpha value is -1.23. The Labute approximate surface area is 134 Å². The number of halogens is 2. The van der Waals surface area contributed by atoms with Gasteiger partial charge >= 0.3 is 0 Å². The first kappa shape index (κ1) is 14.7. The maximum absolute atomic E-state index is 6.26. The number of ether oxygens (including phenoxy) is 1. The van der Waals surface area contributed by atoms with Gasteiger partial charge in [-0.25, -0.2) is 0 Å². The molecule has 0 radical (unpaired) electrons. The van der Waals surface area contributed by atoms with Crippen molar-refractivity contribution < 1.29 is 4.74 Å². The fourth-order valence-electron chi connectivity index (χ4n) is 2.72. The van der Waals surface area contributed by atoms with Crippen LogP contribution in [0.1, 0.15) is 23.6 Å². The predicted octanol–water partition coefficient (Wildman–Crippen LogP) is 3.94. The molecule has 1 atom stereocenters. The number of fused-ring (bicyclic) bond motifs is 1. The first-order chi connectivity index (χ1) is 10.2. The summed E-state index contributed by atoms with van der Waals surface area (Å²) < 4.78 is 6.92. The minimum absolute atomic E-state index is 0.210. The van der Waals surface area contributed by atoms with Crippen molar-refractivity contribution in [1.29, 1.82) is 0 Å². The van der Waals surface area contributed by atoms with Crippen LogP contribution in [0, 0.1) is 0 Å². The van der Waals surface area contributed by atoms with Crippen LogP contribution < -0.4 is 5.32 Å². The van der Waals surface area contributed by atoms with Crippen molar-refractivity contribution in [3.63, 3.8) is 0 Å². The molecular formula is C15H17Cl2N3O. The van der Waals surface area contributed by atoms with E-state index in [1.54, 1.807) is 7.11 Å². The number of hydrogen-bond acceptors (Lipinski definition) is 3. The van der Waals surface area contributed by atoms with Gasteiger partial charge < -0.3 is 10.1 Å². The van der Waals surface area contributed by atoms with Gasteiger partial charge in [0.1, 0.15) is 5.82 Å². The molecule has 1 aromatic carbocycles. The monoisotopic (exact) mass is 325 g/mol. The number of benzene rings is 1. The van der Waals surface area contributed by atoms with Gasteiger partial charge in [-0.3, -0.25) is 4.68 Å². The molecule has 2 aromatic rings. The van der Waals surface area contributed by atoms with Crippen LogP contribution in [0.25, 0.3) is 0 Å². The van der Waals surface area contributed by atoms with Gasteiger partial charge in [0.15, 0.2) is 0 Å². The quantitative estimate of drug-likeness (QED) is 0.905. The van der Waals surface area contributed by atoms with E-state index < -0.39 is 0 Å². The second-order valence-electron chi connectivity index (χ2n) is 5.15. The van der Waals surface area contributed by atoms with E-state index in [0.29, 0.717) is 11.6 Å². The first-order valence-corrected chi connectivity index (χ1v) is 7.69. The SMILES string of the molecule is COCCn1ccc(NC2CCc3c(Cl)cc(Cl)cc32)n1. The van der Waals surface area contributed by atoms with Crippen molar-refractivity contribution in [3.05, 3.63) is 45.6 Å². The number of aromatic nitrogens is 2. The van der Waals surface area contributed by atoms with Gasteiger partial charge in [-0.15, -0.1) is 0 Å². The van der Waals surface area contributed by atoms with Crippen LogP contribution in [0.5, 0.6) is 0 Å². The third-order valence-electron chi connectivity index (χ3n) is 3.74. The topological polar surface area (TPSA) is 39.1 Å². The summed E-state index contributed by atoms with van der Waals surface area (Å²) in [5.74, 6) is 0.861. The molecule has 0 amide bonds. The highest BCUT2D eigenvalue weighted by Gasteiger charge is 2.25. The zero-order chi connectivity index (χ0) is 14.8. The number of rotatable bonds is 5. The summed E-state index contributed by atoms with van der Waals surface area (Å²) in [7, 11) is 1.69. The summed E-state index contributed by atoms with van der Waals surface area (Å²) in [6.07, 6.45) is 3.91. The van der Waals surface area contributed by atoms with E-state index in [-0.39, 0.29) is 6.04 Å².